The summed E-state index contributed by atoms with van der Waals surface area (Å²) >= 11 is 3.92. The van der Waals surface area contributed by atoms with Crippen LogP contribution < -0.4 is 5.32 Å². The predicted molar refractivity (Wildman–Crippen MR) is 144 cm³/mol. The molecule has 0 spiro atoms. The number of hydrogen-bond acceptors (Lipinski definition) is 3. The van der Waals surface area contributed by atoms with Crippen molar-refractivity contribution < 1.29 is 0 Å². The maximum absolute atomic E-state index is 3.69. The van der Waals surface area contributed by atoms with Crippen molar-refractivity contribution in [2.24, 2.45) is 0 Å². The molecule has 0 heterocycles. The van der Waals surface area contributed by atoms with Crippen LogP contribution in [-0.2, 0) is 19.4 Å². The first-order chi connectivity index (χ1) is 15.8. The normalized spacial score (nSPS) is 11.1. The molecule has 4 rings (SSSR count). The molecule has 0 aliphatic rings. The van der Waals surface area contributed by atoms with Crippen molar-refractivity contribution in [3.05, 3.63) is 102 Å². The maximum atomic E-state index is 3.69. The fourth-order valence-electron chi connectivity index (χ4n) is 4.06. The summed E-state index contributed by atoms with van der Waals surface area (Å²) in [5, 5.41) is 6.45. The number of hydrogen-bond donors (Lipinski definition) is 1. The standard InChI is InChI=1S/C29H31NS2/c1-3-31-28-24(16-15-22-11-7-5-8-12-22)17-18-26-25(28)19-20-27(29(26)32-4-2)30-21-23-13-9-6-10-14-23/h5-14,17-20,30H,3-4,15-16,21H2,1-2H3. The molecule has 0 atom stereocenters. The summed E-state index contributed by atoms with van der Waals surface area (Å²) in [6.07, 6.45) is 2.16. The van der Waals surface area contributed by atoms with Gasteiger partial charge in [0, 0.05) is 22.0 Å². The van der Waals surface area contributed by atoms with Crippen molar-refractivity contribution in [3.63, 3.8) is 0 Å². The van der Waals surface area contributed by atoms with Gasteiger partial charge in [-0.25, -0.2) is 0 Å². The van der Waals surface area contributed by atoms with Gasteiger partial charge in [-0.15, -0.1) is 23.5 Å². The van der Waals surface area contributed by atoms with Gasteiger partial charge in [-0.05, 0) is 57.9 Å². The Morgan fingerprint density at radius 1 is 0.594 bits per heavy atom. The number of thioether (sulfide) groups is 2. The highest BCUT2D eigenvalue weighted by Gasteiger charge is 2.14. The van der Waals surface area contributed by atoms with Crippen molar-refractivity contribution in [1.29, 1.82) is 0 Å². The SMILES string of the molecule is CCSc1c(CCc2ccccc2)ccc2c(SCC)c(NCc3ccccc3)ccc12. The van der Waals surface area contributed by atoms with Gasteiger partial charge in [0.2, 0.25) is 0 Å². The zero-order valence-electron chi connectivity index (χ0n) is 18.9. The largest absolute Gasteiger partial charge is 0.380 e. The van der Waals surface area contributed by atoms with Crippen molar-refractivity contribution in [2.45, 2.75) is 43.0 Å². The van der Waals surface area contributed by atoms with E-state index < -0.39 is 0 Å². The Morgan fingerprint density at radius 3 is 1.88 bits per heavy atom. The van der Waals surface area contributed by atoms with Gasteiger partial charge in [0.1, 0.15) is 0 Å². The molecule has 32 heavy (non-hydrogen) atoms. The first-order valence-electron chi connectivity index (χ1n) is 11.5. The third-order valence-corrected chi connectivity index (χ3v) is 7.69. The molecule has 0 saturated carbocycles. The highest BCUT2D eigenvalue weighted by Crippen LogP contribution is 2.40. The summed E-state index contributed by atoms with van der Waals surface area (Å²) in [4.78, 5) is 2.82. The lowest BCUT2D eigenvalue weighted by atomic mass is 10.0. The third kappa shape index (κ3) is 5.51. The number of rotatable bonds is 10. The van der Waals surface area contributed by atoms with Gasteiger partial charge in [0.05, 0.1) is 0 Å². The van der Waals surface area contributed by atoms with Crippen LogP contribution in [0.25, 0.3) is 10.8 Å². The Labute approximate surface area is 201 Å². The van der Waals surface area contributed by atoms with Crippen LogP contribution in [0.4, 0.5) is 5.69 Å². The lowest BCUT2D eigenvalue weighted by Gasteiger charge is -2.18. The second-order valence-corrected chi connectivity index (χ2v) is 10.3. The molecule has 0 aliphatic heterocycles. The average molecular weight is 458 g/mol. The number of anilines is 1. The second kappa shape index (κ2) is 11.5. The van der Waals surface area contributed by atoms with Crippen LogP contribution in [0.3, 0.4) is 0 Å². The Bertz CT molecular complexity index is 1050. The lowest BCUT2D eigenvalue weighted by Crippen LogP contribution is -2.02. The first-order valence-corrected chi connectivity index (χ1v) is 13.4. The lowest BCUT2D eigenvalue weighted by molar-refractivity contribution is 0.940. The smallest absolute Gasteiger partial charge is 0.0487 e. The summed E-state index contributed by atoms with van der Waals surface area (Å²) in [5.74, 6) is 2.15. The van der Waals surface area contributed by atoms with Gasteiger partial charge in [0.25, 0.3) is 0 Å². The monoisotopic (exact) mass is 457 g/mol. The van der Waals surface area contributed by atoms with Gasteiger partial charge < -0.3 is 5.32 Å². The van der Waals surface area contributed by atoms with Gasteiger partial charge >= 0.3 is 0 Å². The van der Waals surface area contributed by atoms with Gasteiger partial charge in [-0.2, -0.15) is 0 Å². The Kier molecular flexibility index (Phi) is 8.19. The van der Waals surface area contributed by atoms with Crippen LogP contribution in [0.1, 0.15) is 30.5 Å². The third-order valence-electron chi connectivity index (χ3n) is 5.61. The van der Waals surface area contributed by atoms with E-state index in [2.05, 4.69) is 104 Å². The average Bonchev–Trinajstić information content (AvgIpc) is 2.84. The van der Waals surface area contributed by atoms with Crippen LogP contribution in [-0.4, -0.2) is 11.5 Å². The highest BCUT2D eigenvalue weighted by atomic mass is 32.2. The van der Waals surface area contributed by atoms with Crippen molar-refractivity contribution >= 4 is 40.0 Å². The van der Waals surface area contributed by atoms with E-state index in [0.717, 1.165) is 30.9 Å². The van der Waals surface area contributed by atoms with Crippen LogP contribution >= 0.6 is 23.5 Å². The number of fused-ring (bicyclic) bond motifs is 1. The molecule has 0 radical (unpaired) electrons. The molecule has 0 fully saturated rings. The molecule has 0 aromatic heterocycles. The van der Waals surface area contributed by atoms with E-state index in [0.29, 0.717) is 0 Å². The van der Waals surface area contributed by atoms with Crippen molar-refractivity contribution in [2.75, 3.05) is 16.8 Å². The molecule has 1 N–H and O–H groups in total. The summed E-state index contributed by atoms with van der Waals surface area (Å²) in [7, 11) is 0. The van der Waals surface area contributed by atoms with E-state index in [1.807, 2.05) is 23.5 Å². The van der Waals surface area contributed by atoms with E-state index in [1.165, 1.54) is 42.9 Å². The molecule has 0 unspecified atom stereocenters. The van der Waals surface area contributed by atoms with Gasteiger partial charge in [0.15, 0.2) is 0 Å². The Balaban J connectivity index is 1.67. The van der Waals surface area contributed by atoms with Crippen LogP contribution in [0.15, 0.2) is 94.7 Å². The molecule has 4 aromatic rings. The quantitative estimate of drug-likeness (QED) is 0.240. The minimum Gasteiger partial charge on any atom is -0.380 e. The maximum Gasteiger partial charge on any atom is 0.0487 e. The van der Waals surface area contributed by atoms with Crippen LogP contribution in [0.2, 0.25) is 0 Å². The van der Waals surface area contributed by atoms with E-state index in [4.69, 9.17) is 0 Å². The molecule has 0 saturated heterocycles. The first kappa shape index (κ1) is 22.8. The van der Waals surface area contributed by atoms with Crippen LogP contribution in [0, 0.1) is 0 Å². The number of nitrogens with one attached hydrogen (secondary N) is 1. The van der Waals surface area contributed by atoms with Gasteiger partial charge in [-0.1, -0.05) is 92.7 Å². The summed E-state index contributed by atoms with van der Waals surface area (Å²) in [6, 6.07) is 30.8. The fraction of sp³-hybridized carbons (Fsp3) is 0.241. The Hall–Kier alpha value is -2.36. The van der Waals surface area contributed by atoms with E-state index in [9.17, 15) is 0 Å². The fourth-order valence-corrected chi connectivity index (χ4v) is 5.96. The van der Waals surface area contributed by atoms with Crippen LogP contribution in [0.5, 0.6) is 0 Å². The molecule has 164 valence electrons. The van der Waals surface area contributed by atoms with Crippen molar-refractivity contribution in [3.8, 4) is 0 Å². The molecular weight excluding hydrogens is 426 g/mol. The summed E-state index contributed by atoms with van der Waals surface area (Å²) in [5.41, 5.74) is 5.41. The molecule has 0 amide bonds. The molecule has 1 nitrogen and oxygen atoms in total. The molecule has 0 aliphatic carbocycles. The summed E-state index contributed by atoms with van der Waals surface area (Å²) < 4.78 is 0. The molecule has 0 bridgehead atoms. The summed E-state index contributed by atoms with van der Waals surface area (Å²) in [6.45, 7) is 5.33. The number of aryl methyl sites for hydroxylation is 2. The molecular formula is C29H31NS2. The van der Waals surface area contributed by atoms with E-state index >= 15 is 0 Å². The predicted octanol–water partition coefficient (Wildman–Crippen LogP) is 8.46. The van der Waals surface area contributed by atoms with E-state index in [-0.39, 0.29) is 0 Å². The highest BCUT2D eigenvalue weighted by molar-refractivity contribution is 8.00. The molecule has 4 aromatic carbocycles. The minimum atomic E-state index is 0.843. The zero-order chi connectivity index (χ0) is 22.2. The zero-order valence-corrected chi connectivity index (χ0v) is 20.6. The number of benzene rings is 4. The topological polar surface area (TPSA) is 12.0 Å². The van der Waals surface area contributed by atoms with Gasteiger partial charge in [-0.3, -0.25) is 0 Å². The van der Waals surface area contributed by atoms with E-state index in [1.54, 1.807) is 0 Å². The van der Waals surface area contributed by atoms with Crippen molar-refractivity contribution in [1.82, 2.24) is 0 Å². The second-order valence-electron chi connectivity index (χ2n) is 7.78. The molecule has 3 heteroatoms. The Morgan fingerprint density at radius 2 is 1.19 bits per heavy atom. The minimum absolute atomic E-state index is 0.843.